The number of nitrogens with zero attached hydrogens (tertiary/aromatic N) is 1. The van der Waals surface area contributed by atoms with E-state index in [2.05, 4.69) is 15.5 Å². The van der Waals surface area contributed by atoms with Crippen molar-refractivity contribution in [2.75, 3.05) is 39.3 Å². The van der Waals surface area contributed by atoms with Crippen LogP contribution in [-0.2, 0) is 6.54 Å². The zero-order chi connectivity index (χ0) is 11.9. The summed E-state index contributed by atoms with van der Waals surface area (Å²) in [6.07, 6.45) is 0. The highest BCUT2D eigenvalue weighted by Crippen LogP contribution is 2.01. The number of hydrogen-bond donors (Lipinski definition) is 2. The van der Waals surface area contributed by atoms with Crippen molar-refractivity contribution >= 4 is 0 Å². The number of benzene rings is 1. The van der Waals surface area contributed by atoms with Crippen LogP contribution in [-0.4, -0.2) is 44.2 Å². The van der Waals surface area contributed by atoms with E-state index in [1.54, 1.807) is 0 Å². The SMILES string of the molecule is Fc1ccc(CNCCN2CCNCC2)cc1. The maximum Gasteiger partial charge on any atom is 0.123 e. The molecule has 2 N–H and O–H groups in total. The summed E-state index contributed by atoms with van der Waals surface area (Å²) in [5.41, 5.74) is 1.13. The molecule has 0 aromatic heterocycles. The summed E-state index contributed by atoms with van der Waals surface area (Å²) >= 11 is 0. The van der Waals surface area contributed by atoms with Crippen molar-refractivity contribution in [2.24, 2.45) is 0 Å². The van der Waals surface area contributed by atoms with Gasteiger partial charge in [-0.25, -0.2) is 4.39 Å². The summed E-state index contributed by atoms with van der Waals surface area (Å²) in [6.45, 7) is 7.35. The molecule has 1 aliphatic heterocycles. The summed E-state index contributed by atoms with van der Waals surface area (Å²) in [6, 6.07) is 6.67. The standard InChI is InChI=1S/C13H20FN3/c14-13-3-1-12(2-4-13)11-16-7-10-17-8-5-15-6-9-17/h1-4,15-16H,5-11H2. The van der Waals surface area contributed by atoms with Gasteiger partial charge in [-0.2, -0.15) is 0 Å². The first-order valence-corrected chi connectivity index (χ1v) is 6.23. The number of hydrogen-bond acceptors (Lipinski definition) is 3. The Hall–Kier alpha value is -0.970. The molecule has 0 atom stereocenters. The van der Waals surface area contributed by atoms with E-state index in [0.29, 0.717) is 0 Å². The van der Waals surface area contributed by atoms with E-state index >= 15 is 0 Å². The second kappa shape index (κ2) is 6.69. The molecular formula is C13H20FN3. The summed E-state index contributed by atoms with van der Waals surface area (Å²) < 4.78 is 12.7. The fourth-order valence-electron chi connectivity index (χ4n) is 2.01. The van der Waals surface area contributed by atoms with Crippen molar-refractivity contribution in [1.29, 1.82) is 0 Å². The van der Waals surface area contributed by atoms with Crippen LogP contribution >= 0.6 is 0 Å². The van der Waals surface area contributed by atoms with E-state index in [1.807, 2.05) is 12.1 Å². The maximum absolute atomic E-state index is 12.7. The largest absolute Gasteiger partial charge is 0.314 e. The van der Waals surface area contributed by atoms with E-state index < -0.39 is 0 Å². The van der Waals surface area contributed by atoms with Gasteiger partial charge in [-0.3, -0.25) is 4.90 Å². The zero-order valence-corrected chi connectivity index (χ0v) is 10.1. The Morgan fingerprint density at radius 1 is 1.18 bits per heavy atom. The van der Waals surface area contributed by atoms with Crippen LogP contribution in [0.1, 0.15) is 5.56 Å². The van der Waals surface area contributed by atoms with Crippen molar-refractivity contribution in [1.82, 2.24) is 15.5 Å². The zero-order valence-electron chi connectivity index (χ0n) is 10.1. The average molecular weight is 237 g/mol. The molecule has 0 radical (unpaired) electrons. The van der Waals surface area contributed by atoms with Crippen LogP contribution in [0.5, 0.6) is 0 Å². The minimum Gasteiger partial charge on any atom is -0.314 e. The molecule has 0 unspecified atom stereocenters. The topological polar surface area (TPSA) is 27.3 Å². The quantitative estimate of drug-likeness (QED) is 0.743. The lowest BCUT2D eigenvalue weighted by molar-refractivity contribution is 0.241. The van der Waals surface area contributed by atoms with Gasteiger partial charge in [-0.15, -0.1) is 0 Å². The van der Waals surface area contributed by atoms with E-state index in [0.717, 1.165) is 51.4 Å². The van der Waals surface area contributed by atoms with E-state index in [1.165, 1.54) is 12.1 Å². The highest BCUT2D eigenvalue weighted by atomic mass is 19.1. The summed E-state index contributed by atoms with van der Waals surface area (Å²) in [5.74, 6) is -0.172. The van der Waals surface area contributed by atoms with Gasteiger partial charge in [0.2, 0.25) is 0 Å². The number of rotatable bonds is 5. The number of nitrogens with one attached hydrogen (secondary N) is 2. The molecule has 3 nitrogen and oxygen atoms in total. The van der Waals surface area contributed by atoms with Crippen molar-refractivity contribution in [3.8, 4) is 0 Å². The summed E-state index contributed by atoms with van der Waals surface area (Å²) in [5, 5.41) is 6.72. The average Bonchev–Trinajstić information content (AvgIpc) is 2.38. The molecule has 1 aromatic rings. The lowest BCUT2D eigenvalue weighted by Gasteiger charge is -2.27. The second-order valence-electron chi connectivity index (χ2n) is 4.39. The van der Waals surface area contributed by atoms with E-state index in [-0.39, 0.29) is 5.82 Å². The summed E-state index contributed by atoms with van der Waals surface area (Å²) in [7, 11) is 0. The molecule has 0 bridgehead atoms. The first-order chi connectivity index (χ1) is 8.34. The maximum atomic E-state index is 12.7. The lowest BCUT2D eigenvalue weighted by Crippen LogP contribution is -2.45. The predicted molar refractivity (Wildman–Crippen MR) is 67.4 cm³/mol. The first-order valence-electron chi connectivity index (χ1n) is 6.23. The number of halogens is 1. The Labute approximate surface area is 102 Å². The Kier molecular flexibility index (Phi) is 4.91. The Bertz CT molecular complexity index is 320. The monoisotopic (exact) mass is 237 g/mol. The van der Waals surface area contributed by atoms with Crippen LogP contribution in [0.25, 0.3) is 0 Å². The molecule has 1 aromatic carbocycles. The third-order valence-electron chi connectivity index (χ3n) is 3.06. The third kappa shape index (κ3) is 4.42. The van der Waals surface area contributed by atoms with Crippen LogP contribution in [0.2, 0.25) is 0 Å². The van der Waals surface area contributed by atoms with Crippen LogP contribution in [0.4, 0.5) is 4.39 Å². The van der Waals surface area contributed by atoms with Gasteiger partial charge in [0.05, 0.1) is 0 Å². The van der Waals surface area contributed by atoms with Crippen molar-refractivity contribution in [3.05, 3.63) is 35.6 Å². The molecule has 17 heavy (non-hydrogen) atoms. The molecule has 2 rings (SSSR count). The molecule has 94 valence electrons. The third-order valence-corrected chi connectivity index (χ3v) is 3.06. The fourth-order valence-corrected chi connectivity index (χ4v) is 2.01. The van der Waals surface area contributed by atoms with Crippen molar-refractivity contribution in [2.45, 2.75) is 6.54 Å². The fraction of sp³-hybridized carbons (Fsp3) is 0.538. The smallest absolute Gasteiger partial charge is 0.123 e. The van der Waals surface area contributed by atoms with Crippen molar-refractivity contribution in [3.63, 3.8) is 0 Å². The first kappa shape index (κ1) is 12.5. The highest BCUT2D eigenvalue weighted by molar-refractivity contribution is 5.15. The Morgan fingerprint density at radius 2 is 1.88 bits per heavy atom. The highest BCUT2D eigenvalue weighted by Gasteiger charge is 2.07. The molecule has 1 heterocycles. The minimum absolute atomic E-state index is 0.172. The van der Waals surface area contributed by atoms with Gasteiger partial charge in [-0.05, 0) is 17.7 Å². The molecule has 0 aliphatic carbocycles. The molecule has 1 aliphatic rings. The van der Waals surface area contributed by atoms with Gasteiger partial charge in [0, 0.05) is 45.8 Å². The van der Waals surface area contributed by atoms with E-state index in [4.69, 9.17) is 0 Å². The number of piperazine rings is 1. The van der Waals surface area contributed by atoms with E-state index in [9.17, 15) is 4.39 Å². The normalized spacial score (nSPS) is 17.2. The van der Waals surface area contributed by atoms with Crippen molar-refractivity contribution < 1.29 is 4.39 Å². The van der Waals surface area contributed by atoms with Gasteiger partial charge < -0.3 is 10.6 Å². The van der Waals surface area contributed by atoms with Gasteiger partial charge in [0.1, 0.15) is 5.82 Å². The second-order valence-corrected chi connectivity index (χ2v) is 4.39. The molecule has 4 heteroatoms. The Balaban J connectivity index is 1.60. The van der Waals surface area contributed by atoms with Gasteiger partial charge in [0.15, 0.2) is 0 Å². The van der Waals surface area contributed by atoms with Gasteiger partial charge >= 0.3 is 0 Å². The van der Waals surface area contributed by atoms with Crippen LogP contribution in [0.3, 0.4) is 0 Å². The minimum atomic E-state index is -0.172. The van der Waals surface area contributed by atoms with Crippen LogP contribution in [0.15, 0.2) is 24.3 Å². The lowest BCUT2D eigenvalue weighted by atomic mass is 10.2. The van der Waals surface area contributed by atoms with Gasteiger partial charge in [0.25, 0.3) is 0 Å². The Morgan fingerprint density at radius 3 is 2.59 bits per heavy atom. The molecule has 1 fully saturated rings. The molecule has 0 amide bonds. The van der Waals surface area contributed by atoms with Gasteiger partial charge in [-0.1, -0.05) is 12.1 Å². The predicted octanol–water partition coefficient (Wildman–Crippen LogP) is 0.821. The molecule has 1 saturated heterocycles. The molecular weight excluding hydrogens is 217 g/mol. The molecule has 0 spiro atoms. The molecule has 0 saturated carbocycles. The van der Waals surface area contributed by atoms with Crippen LogP contribution < -0.4 is 10.6 Å². The van der Waals surface area contributed by atoms with Crippen LogP contribution in [0, 0.1) is 5.82 Å². The summed E-state index contributed by atoms with van der Waals surface area (Å²) in [4.78, 5) is 2.45.